The van der Waals surface area contributed by atoms with Gasteiger partial charge in [0.2, 0.25) is 5.71 Å². The van der Waals surface area contributed by atoms with E-state index in [0.717, 1.165) is 69.2 Å². The maximum absolute atomic E-state index is 5.89. The van der Waals surface area contributed by atoms with Crippen molar-refractivity contribution in [2.24, 2.45) is 11.8 Å². The number of aromatic nitrogens is 3. The van der Waals surface area contributed by atoms with Crippen molar-refractivity contribution in [3.05, 3.63) is 108 Å². The average Bonchev–Trinajstić information content (AvgIpc) is 3.45. The van der Waals surface area contributed by atoms with Crippen LogP contribution in [0.5, 0.6) is 0 Å². The Bertz CT molecular complexity index is 1980. The molecule has 1 atom stereocenters. The van der Waals surface area contributed by atoms with Crippen LogP contribution < -0.4 is 4.40 Å². The third kappa shape index (κ3) is 9.36. The van der Waals surface area contributed by atoms with Gasteiger partial charge in [0.1, 0.15) is 0 Å². The molecule has 257 valence electrons. The Labute approximate surface area is 309 Å². The van der Waals surface area contributed by atoms with Gasteiger partial charge in [-0.05, 0) is 43.2 Å². The monoisotopic (exact) mass is 890 g/mol. The van der Waals surface area contributed by atoms with Gasteiger partial charge in [0.15, 0.2) is 0 Å². The van der Waals surface area contributed by atoms with Crippen LogP contribution in [0.4, 0.5) is 0 Å². The zero-order chi connectivity index (χ0) is 33.7. The standard InChI is InChI=1S/C24H23N2O.C19H26GeN.Ir/c1-16-7-9-20-21-15-19(8-10-23(21)27-24(20)26-16)22-14-18(11-12-25-22)13-17-5-3-2-4-6-17;1-6-15(2)12-17-13-19(16-10-8-7-9-11-16)21-14-18(17)20(3,4)5;/h7,9-12,14-15,17H,2-6,13H2,1H3;7-10,13-15H,6,12H2,1-5H3;/q2*-1;. The first-order chi connectivity index (χ1) is 23.2. The number of furan rings is 1. The van der Waals surface area contributed by atoms with Gasteiger partial charge in [-0.15, -0.1) is 23.8 Å². The van der Waals surface area contributed by atoms with Crippen molar-refractivity contribution in [2.45, 2.75) is 89.4 Å². The molecule has 1 unspecified atom stereocenters. The topological polar surface area (TPSA) is 51.8 Å². The van der Waals surface area contributed by atoms with Gasteiger partial charge < -0.3 is 9.40 Å². The summed E-state index contributed by atoms with van der Waals surface area (Å²) < 4.78 is 7.44. The predicted octanol–water partition coefficient (Wildman–Crippen LogP) is 11.0. The Hall–Kier alpha value is -3.12. The molecule has 6 heteroatoms. The van der Waals surface area contributed by atoms with Crippen LogP contribution in [0.25, 0.3) is 44.6 Å². The Kier molecular flexibility index (Phi) is 12.7. The first-order valence-electron chi connectivity index (χ1n) is 17.8. The van der Waals surface area contributed by atoms with Crippen LogP contribution in [0.15, 0.2) is 83.5 Å². The fourth-order valence-corrected chi connectivity index (χ4v) is 10.2. The van der Waals surface area contributed by atoms with Crippen molar-refractivity contribution in [1.82, 2.24) is 15.0 Å². The van der Waals surface area contributed by atoms with Crippen molar-refractivity contribution >= 4 is 39.7 Å². The van der Waals surface area contributed by atoms with E-state index < -0.39 is 13.3 Å². The van der Waals surface area contributed by atoms with E-state index in [9.17, 15) is 0 Å². The van der Waals surface area contributed by atoms with Crippen LogP contribution in [-0.4, -0.2) is 28.2 Å². The number of nitrogens with zero attached hydrogens (tertiary/aromatic N) is 3. The molecular weight excluding hydrogens is 839 g/mol. The van der Waals surface area contributed by atoms with Crippen LogP contribution in [0.1, 0.15) is 69.2 Å². The van der Waals surface area contributed by atoms with Crippen LogP contribution in [-0.2, 0) is 32.9 Å². The molecule has 0 bridgehead atoms. The summed E-state index contributed by atoms with van der Waals surface area (Å²) >= 11 is -1.87. The SMILES string of the molecule is CCC(C)Cc1cc(-c2[c-]cccc2)nc[c]1[Ge]([CH3])([CH3])[CH3].Cc1ccc2c(n1)oc1c[c-]c(-c3cc(CC4CCCCC4)ccn3)cc12.[Ir]. The third-order valence-electron chi connectivity index (χ3n) is 9.81. The normalized spacial score (nSPS) is 14.2. The van der Waals surface area contributed by atoms with E-state index in [4.69, 9.17) is 9.40 Å². The fourth-order valence-electron chi connectivity index (χ4n) is 6.87. The van der Waals surface area contributed by atoms with Gasteiger partial charge in [0, 0.05) is 37.4 Å². The van der Waals surface area contributed by atoms with Crippen LogP contribution in [0, 0.1) is 30.9 Å². The molecule has 49 heavy (non-hydrogen) atoms. The first-order valence-corrected chi connectivity index (χ1v) is 25.2. The molecule has 2 aromatic carbocycles. The minimum absolute atomic E-state index is 0. The molecule has 0 aliphatic heterocycles. The van der Waals surface area contributed by atoms with E-state index >= 15 is 0 Å². The van der Waals surface area contributed by atoms with Gasteiger partial charge in [0.25, 0.3) is 0 Å². The van der Waals surface area contributed by atoms with Crippen LogP contribution in [0.2, 0.25) is 17.3 Å². The Morgan fingerprint density at radius 2 is 1.69 bits per heavy atom. The number of benzene rings is 2. The van der Waals surface area contributed by atoms with Gasteiger partial charge in [-0.1, -0.05) is 49.1 Å². The van der Waals surface area contributed by atoms with Gasteiger partial charge in [-0.3, -0.25) is 0 Å². The van der Waals surface area contributed by atoms with E-state index in [0.29, 0.717) is 5.71 Å². The second-order valence-corrected chi connectivity index (χ2v) is 25.3. The van der Waals surface area contributed by atoms with Gasteiger partial charge in [-0.2, -0.15) is 0 Å². The van der Waals surface area contributed by atoms with Crippen molar-refractivity contribution < 1.29 is 24.5 Å². The third-order valence-corrected chi connectivity index (χ3v) is 14.1. The van der Waals surface area contributed by atoms with E-state index in [1.165, 1.54) is 49.7 Å². The predicted molar refractivity (Wildman–Crippen MR) is 203 cm³/mol. The van der Waals surface area contributed by atoms with Crippen molar-refractivity contribution in [3.63, 3.8) is 0 Å². The summed E-state index contributed by atoms with van der Waals surface area (Å²) in [5, 5.41) is 2.12. The Morgan fingerprint density at radius 3 is 2.43 bits per heavy atom. The number of fused-ring (bicyclic) bond motifs is 3. The second kappa shape index (κ2) is 16.7. The summed E-state index contributed by atoms with van der Waals surface area (Å²) in [5.74, 6) is 8.90. The van der Waals surface area contributed by atoms with E-state index in [-0.39, 0.29) is 20.1 Å². The molecule has 0 saturated heterocycles. The summed E-state index contributed by atoms with van der Waals surface area (Å²) in [7, 11) is 0. The van der Waals surface area contributed by atoms with E-state index in [2.05, 4.69) is 102 Å². The minimum atomic E-state index is -1.87. The largest absolute Gasteiger partial charge is 0.486 e. The molecule has 4 heterocycles. The molecule has 1 saturated carbocycles. The molecular formula is C43H49GeIrN3O-2. The number of pyridine rings is 3. The molecule has 1 aliphatic rings. The Morgan fingerprint density at radius 1 is 0.898 bits per heavy atom. The number of hydrogen-bond donors (Lipinski definition) is 0. The smallest absolute Gasteiger partial charge is 0.216 e. The number of aryl methyl sites for hydroxylation is 1. The zero-order valence-corrected chi connectivity index (χ0v) is 34.4. The molecule has 0 spiro atoms. The molecule has 0 N–H and O–H groups in total. The summed E-state index contributed by atoms with van der Waals surface area (Å²) in [5.41, 5.74) is 9.52. The Balaban J connectivity index is 0.000000194. The quantitative estimate of drug-likeness (QED) is 0.113. The second-order valence-electron chi connectivity index (χ2n) is 14.8. The molecule has 1 aliphatic carbocycles. The van der Waals surface area contributed by atoms with Gasteiger partial charge in [-0.25, -0.2) is 4.98 Å². The zero-order valence-electron chi connectivity index (χ0n) is 29.9. The molecule has 0 amide bonds. The van der Waals surface area contributed by atoms with Crippen LogP contribution >= 0.6 is 0 Å². The van der Waals surface area contributed by atoms with Crippen molar-refractivity contribution in [2.75, 3.05) is 0 Å². The minimum Gasteiger partial charge on any atom is -0.486 e. The molecule has 7 rings (SSSR count). The summed E-state index contributed by atoms with van der Waals surface area (Å²) in [6.45, 7) is 6.59. The molecule has 1 fully saturated rings. The van der Waals surface area contributed by atoms with Gasteiger partial charge in [0.05, 0.1) is 5.58 Å². The maximum Gasteiger partial charge on any atom is 0.216 e. The maximum atomic E-state index is 5.89. The summed E-state index contributed by atoms with van der Waals surface area (Å²) in [4.78, 5) is 13.8. The van der Waals surface area contributed by atoms with Crippen molar-refractivity contribution in [3.8, 4) is 22.5 Å². The fraction of sp³-hybridized carbons (Fsp3) is 0.372. The summed E-state index contributed by atoms with van der Waals surface area (Å²) in [6, 6.07) is 29.6. The van der Waals surface area contributed by atoms with Gasteiger partial charge >= 0.3 is 132 Å². The molecule has 6 aromatic rings. The summed E-state index contributed by atoms with van der Waals surface area (Å²) in [6.07, 6.45) is 14.5. The first kappa shape index (κ1) is 37.1. The van der Waals surface area contributed by atoms with E-state index in [1.807, 2.05) is 37.4 Å². The van der Waals surface area contributed by atoms with Crippen molar-refractivity contribution in [1.29, 1.82) is 0 Å². The molecule has 1 radical (unpaired) electrons. The van der Waals surface area contributed by atoms with Crippen LogP contribution in [0.3, 0.4) is 0 Å². The number of hydrogen-bond acceptors (Lipinski definition) is 4. The molecule has 4 aromatic heterocycles. The molecule has 4 nitrogen and oxygen atoms in total. The van der Waals surface area contributed by atoms with E-state index in [1.54, 1.807) is 4.40 Å². The average molecular weight is 889 g/mol. The number of rotatable bonds is 8.